The maximum Gasteiger partial charge on any atom is 0.250 e. The van der Waals surface area contributed by atoms with Crippen molar-refractivity contribution < 1.29 is 8.42 Å². The van der Waals surface area contributed by atoms with E-state index >= 15 is 0 Å². The summed E-state index contributed by atoms with van der Waals surface area (Å²) in [5, 5.41) is 3.34. The van der Waals surface area contributed by atoms with Crippen LogP contribution < -0.4 is 10.9 Å². The van der Waals surface area contributed by atoms with E-state index in [2.05, 4.69) is 11.4 Å². The molecule has 0 aliphatic carbocycles. The maximum absolute atomic E-state index is 12.7. The Bertz CT molecular complexity index is 947. The molecule has 2 heterocycles. The molecule has 140 valence electrons. The van der Waals surface area contributed by atoms with Crippen LogP contribution in [0.25, 0.3) is 0 Å². The highest BCUT2D eigenvalue weighted by molar-refractivity contribution is 7.89. The van der Waals surface area contributed by atoms with E-state index in [0.29, 0.717) is 19.6 Å². The van der Waals surface area contributed by atoms with E-state index in [1.165, 1.54) is 38.3 Å². The van der Waals surface area contributed by atoms with Crippen molar-refractivity contribution >= 4 is 10.0 Å². The fourth-order valence-corrected chi connectivity index (χ4v) is 4.92. The van der Waals surface area contributed by atoms with E-state index in [0.717, 1.165) is 25.1 Å². The normalized spacial score (nSPS) is 14.4. The summed E-state index contributed by atoms with van der Waals surface area (Å²) in [6.45, 7) is 6.53. The zero-order valence-electron chi connectivity index (χ0n) is 15.2. The minimum absolute atomic E-state index is 0.160. The first-order valence-corrected chi connectivity index (χ1v) is 10.4. The van der Waals surface area contributed by atoms with Gasteiger partial charge in [0.05, 0.1) is 11.4 Å². The van der Waals surface area contributed by atoms with Gasteiger partial charge in [-0.15, -0.1) is 0 Å². The number of fused-ring (bicyclic) bond motifs is 1. The zero-order valence-corrected chi connectivity index (χ0v) is 16.1. The van der Waals surface area contributed by atoms with Crippen LogP contribution in [0.4, 0.5) is 0 Å². The van der Waals surface area contributed by atoms with Crippen LogP contribution in [0.5, 0.6) is 0 Å². The van der Waals surface area contributed by atoms with Crippen LogP contribution in [0.15, 0.2) is 46.2 Å². The Kier molecular flexibility index (Phi) is 5.60. The topological polar surface area (TPSA) is 71.4 Å². The molecule has 0 saturated carbocycles. The second-order valence-electron chi connectivity index (χ2n) is 6.40. The molecule has 1 aromatic carbocycles. The first-order chi connectivity index (χ1) is 12.5. The Morgan fingerprint density at radius 1 is 1.15 bits per heavy atom. The van der Waals surface area contributed by atoms with Gasteiger partial charge in [-0.2, -0.15) is 4.31 Å². The SMILES string of the molecule is CCN(CC)S(=O)(=O)c1ccc(=O)n(Cc2cccc3c2CCNC3)c1. The van der Waals surface area contributed by atoms with Crippen LogP contribution in [-0.2, 0) is 29.5 Å². The fraction of sp³-hybridized carbons (Fsp3) is 0.421. The van der Waals surface area contributed by atoms with E-state index in [9.17, 15) is 13.2 Å². The molecule has 3 rings (SSSR count). The fourth-order valence-electron chi connectivity index (χ4n) is 3.44. The lowest BCUT2D eigenvalue weighted by atomic mass is 9.95. The Labute approximate surface area is 154 Å². The average Bonchev–Trinajstić information content (AvgIpc) is 2.64. The van der Waals surface area contributed by atoms with Gasteiger partial charge in [0.15, 0.2) is 0 Å². The Morgan fingerprint density at radius 2 is 1.92 bits per heavy atom. The van der Waals surface area contributed by atoms with Gasteiger partial charge < -0.3 is 9.88 Å². The first kappa shape index (κ1) is 18.8. The van der Waals surface area contributed by atoms with Crippen molar-refractivity contribution in [2.24, 2.45) is 0 Å². The van der Waals surface area contributed by atoms with Gasteiger partial charge in [0, 0.05) is 31.9 Å². The minimum Gasteiger partial charge on any atom is -0.312 e. The number of hydrogen-bond acceptors (Lipinski definition) is 4. The largest absolute Gasteiger partial charge is 0.312 e. The third-order valence-electron chi connectivity index (χ3n) is 4.88. The highest BCUT2D eigenvalue weighted by atomic mass is 32.2. The standard InChI is InChI=1S/C19H25N3O3S/c1-3-22(4-2)26(24,25)17-8-9-19(23)21(14-17)13-16-7-5-6-15-12-20-11-10-18(15)16/h5-9,14,20H,3-4,10-13H2,1-2H3. The molecular formula is C19H25N3O3S. The van der Waals surface area contributed by atoms with Crippen LogP contribution in [0.1, 0.15) is 30.5 Å². The van der Waals surface area contributed by atoms with Gasteiger partial charge >= 0.3 is 0 Å². The zero-order chi connectivity index (χ0) is 18.7. The van der Waals surface area contributed by atoms with E-state index in [-0.39, 0.29) is 10.5 Å². The van der Waals surface area contributed by atoms with Crippen molar-refractivity contribution in [3.63, 3.8) is 0 Å². The number of hydrogen-bond donors (Lipinski definition) is 1. The summed E-state index contributed by atoms with van der Waals surface area (Å²) in [5.74, 6) is 0. The molecule has 1 aliphatic heterocycles. The van der Waals surface area contributed by atoms with Gasteiger partial charge in [0.1, 0.15) is 0 Å². The van der Waals surface area contributed by atoms with Gasteiger partial charge in [-0.1, -0.05) is 32.0 Å². The monoisotopic (exact) mass is 375 g/mol. The van der Waals surface area contributed by atoms with Crippen molar-refractivity contribution in [3.05, 3.63) is 63.6 Å². The van der Waals surface area contributed by atoms with E-state index in [1.807, 2.05) is 12.1 Å². The second kappa shape index (κ2) is 7.73. The molecule has 2 aromatic rings. The molecular weight excluding hydrogens is 350 g/mol. The molecule has 26 heavy (non-hydrogen) atoms. The van der Waals surface area contributed by atoms with Crippen LogP contribution in [0, 0.1) is 0 Å². The van der Waals surface area contributed by atoms with Crippen molar-refractivity contribution in [1.82, 2.24) is 14.2 Å². The van der Waals surface area contributed by atoms with Gasteiger partial charge in [-0.25, -0.2) is 8.42 Å². The Morgan fingerprint density at radius 3 is 2.65 bits per heavy atom. The summed E-state index contributed by atoms with van der Waals surface area (Å²) in [6, 6.07) is 8.84. The molecule has 7 heteroatoms. The summed E-state index contributed by atoms with van der Waals surface area (Å²) >= 11 is 0. The van der Waals surface area contributed by atoms with Crippen LogP contribution in [-0.4, -0.2) is 36.9 Å². The smallest absolute Gasteiger partial charge is 0.250 e. The molecule has 0 bridgehead atoms. The summed E-state index contributed by atoms with van der Waals surface area (Å²) in [5.41, 5.74) is 3.38. The summed E-state index contributed by atoms with van der Waals surface area (Å²) in [6.07, 6.45) is 2.38. The summed E-state index contributed by atoms with van der Waals surface area (Å²) < 4.78 is 28.4. The highest BCUT2D eigenvalue weighted by Gasteiger charge is 2.22. The number of benzene rings is 1. The molecule has 0 unspecified atom stereocenters. The lowest BCUT2D eigenvalue weighted by Crippen LogP contribution is -2.32. The van der Waals surface area contributed by atoms with Gasteiger partial charge in [-0.3, -0.25) is 4.79 Å². The third-order valence-corrected chi connectivity index (χ3v) is 6.91. The summed E-state index contributed by atoms with van der Waals surface area (Å²) in [7, 11) is -3.59. The average molecular weight is 375 g/mol. The number of aromatic nitrogens is 1. The third kappa shape index (κ3) is 3.60. The minimum atomic E-state index is -3.59. The lowest BCUT2D eigenvalue weighted by molar-refractivity contribution is 0.444. The van der Waals surface area contributed by atoms with Crippen LogP contribution in [0.2, 0.25) is 0 Å². The molecule has 0 saturated heterocycles. The molecule has 0 atom stereocenters. The number of rotatable bonds is 6. The first-order valence-electron chi connectivity index (χ1n) is 8.98. The number of sulfonamides is 1. The molecule has 1 aliphatic rings. The molecule has 6 nitrogen and oxygen atoms in total. The van der Waals surface area contributed by atoms with E-state index in [1.54, 1.807) is 13.8 Å². The Balaban J connectivity index is 1.99. The predicted octanol–water partition coefficient (Wildman–Crippen LogP) is 1.57. The molecule has 1 aromatic heterocycles. The van der Waals surface area contributed by atoms with Crippen molar-refractivity contribution in [1.29, 1.82) is 0 Å². The quantitative estimate of drug-likeness (QED) is 0.832. The number of pyridine rings is 1. The molecule has 0 spiro atoms. The van der Waals surface area contributed by atoms with Crippen molar-refractivity contribution in [2.45, 2.75) is 38.3 Å². The van der Waals surface area contributed by atoms with Gasteiger partial charge in [0.2, 0.25) is 10.0 Å². The summed E-state index contributed by atoms with van der Waals surface area (Å²) in [4.78, 5) is 12.5. The van der Waals surface area contributed by atoms with Gasteiger partial charge in [0.25, 0.3) is 5.56 Å². The van der Waals surface area contributed by atoms with Crippen LogP contribution >= 0.6 is 0 Å². The Hall–Kier alpha value is -1.96. The maximum atomic E-state index is 12.7. The van der Waals surface area contributed by atoms with E-state index in [4.69, 9.17) is 0 Å². The van der Waals surface area contributed by atoms with Crippen molar-refractivity contribution in [3.8, 4) is 0 Å². The van der Waals surface area contributed by atoms with E-state index < -0.39 is 10.0 Å². The highest BCUT2D eigenvalue weighted by Crippen LogP contribution is 2.20. The molecule has 1 N–H and O–H groups in total. The molecule has 0 radical (unpaired) electrons. The number of nitrogens with one attached hydrogen (secondary N) is 1. The molecule has 0 amide bonds. The second-order valence-corrected chi connectivity index (χ2v) is 8.34. The van der Waals surface area contributed by atoms with Gasteiger partial charge in [-0.05, 0) is 35.7 Å². The predicted molar refractivity (Wildman–Crippen MR) is 102 cm³/mol. The lowest BCUT2D eigenvalue weighted by Gasteiger charge is -2.21. The van der Waals surface area contributed by atoms with Crippen molar-refractivity contribution in [2.75, 3.05) is 19.6 Å². The molecule has 0 fully saturated rings. The van der Waals surface area contributed by atoms with Crippen LogP contribution in [0.3, 0.4) is 0 Å². The number of nitrogens with zero attached hydrogens (tertiary/aromatic N) is 2.